The predicted molar refractivity (Wildman–Crippen MR) is 80.9 cm³/mol. The lowest BCUT2D eigenvalue weighted by atomic mass is 10.2. The number of fused-ring (bicyclic) bond motifs is 1. The highest BCUT2D eigenvalue weighted by Crippen LogP contribution is 2.20. The van der Waals surface area contributed by atoms with Crippen molar-refractivity contribution in [2.75, 3.05) is 0 Å². The van der Waals surface area contributed by atoms with Gasteiger partial charge in [0.25, 0.3) is 0 Å². The van der Waals surface area contributed by atoms with Gasteiger partial charge in [-0.2, -0.15) is 5.26 Å². The molecule has 106 valence electrons. The Morgan fingerprint density at radius 1 is 1.29 bits per heavy atom. The number of aromatic nitrogens is 2. The summed E-state index contributed by atoms with van der Waals surface area (Å²) in [6.45, 7) is 3.10. The zero-order valence-electron chi connectivity index (χ0n) is 12.0. The highest BCUT2D eigenvalue weighted by molar-refractivity contribution is 5.77. The minimum atomic E-state index is 0.654. The number of nitrogens with zero attached hydrogens (tertiary/aromatic N) is 3. The Bertz CT molecular complexity index is 778. The van der Waals surface area contributed by atoms with Crippen LogP contribution in [0, 0.1) is 11.3 Å². The topological polar surface area (TPSA) is 54.8 Å². The average Bonchev–Trinajstić information content (AvgIpc) is 3.13. The van der Waals surface area contributed by atoms with Crippen molar-refractivity contribution in [3.63, 3.8) is 0 Å². The van der Waals surface area contributed by atoms with Crippen LogP contribution in [-0.2, 0) is 19.4 Å². The van der Waals surface area contributed by atoms with Crippen molar-refractivity contribution in [1.82, 2.24) is 9.55 Å². The van der Waals surface area contributed by atoms with Gasteiger partial charge in [0.05, 0.1) is 28.9 Å². The van der Waals surface area contributed by atoms with Gasteiger partial charge in [0.15, 0.2) is 0 Å². The quantitative estimate of drug-likeness (QED) is 0.715. The molecule has 0 saturated carbocycles. The van der Waals surface area contributed by atoms with Crippen LogP contribution in [0.5, 0.6) is 0 Å². The number of nitriles is 1. The molecule has 0 aliphatic heterocycles. The summed E-state index contributed by atoms with van der Waals surface area (Å²) in [5, 5.41) is 9.01. The zero-order chi connectivity index (χ0) is 14.7. The maximum atomic E-state index is 9.01. The third-order valence-electron chi connectivity index (χ3n) is 3.58. The molecule has 4 nitrogen and oxygen atoms in total. The van der Waals surface area contributed by atoms with Crippen LogP contribution in [0.25, 0.3) is 11.0 Å². The van der Waals surface area contributed by atoms with E-state index in [1.54, 1.807) is 6.26 Å². The van der Waals surface area contributed by atoms with E-state index in [9.17, 15) is 0 Å². The molecule has 0 aliphatic carbocycles. The van der Waals surface area contributed by atoms with E-state index in [4.69, 9.17) is 14.7 Å². The molecule has 21 heavy (non-hydrogen) atoms. The molecule has 0 unspecified atom stereocenters. The number of rotatable bonds is 5. The Morgan fingerprint density at radius 2 is 2.19 bits per heavy atom. The van der Waals surface area contributed by atoms with Gasteiger partial charge in [0.2, 0.25) is 0 Å². The van der Waals surface area contributed by atoms with Gasteiger partial charge in [-0.15, -0.1) is 0 Å². The van der Waals surface area contributed by atoms with Crippen molar-refractivity contribution in [2.45, 2.75) is 32.7 Å². The third kappa shape index (κ3) is 2.68. The molecule has 2 aromatic heterocycles. The summed E-state index contributed by atoms with van der Waals surface area (Å²) in [7, 11) is 0. The highest BCUT2D eigenvalue weighted by atomic mass is 16.3. The summed E-state index contributed by atoms with van der Waals surface area (Å²) in [6.07, 6.45) is 4.43. The molecule has 0 saturated heterocycles. The number of hydrogen-bond acceptors (Lipinski definition) is 3. The van der Waals surface area contributed by atoms with E-state index in [2.05, 4.69) is 17.6 Å². The van der Waals surface area contributed by atoms with E-state index in [0.717, 1.165) is 48.4 Å². The normalized spacial score (nSPS) is 10.9. The molecular weight excluding hydrogens is 262 g/mol. The Morgan fingerprint density at radius 3 is 2.90 bits per heavy atom. The van der Waals surface area contributed by atoms with E-state index >= 15 is 0 Å². The first-order valence-electron chi connectivity index (χ1n) is 7.23. The smallest absolute Gasteiger partial charge is 0.110 e. The molecule has 0 radical (unpaired) electrons. The third-order valence-corrected chi connectivity index (χ3v) is 3.58. The van der Waals surface area contributed by atoms with Crippen LogP contribution >= 0.6 is 0 Å². The molecule has 2 heterocycles. The van der Waals surface area contributed by atoms with Crippen LogP contribution in [0.4, 0.5) is 0 Å². The fourth-order valence-corrected chi connectivity index (χ4v) is 2.60. The Kier molecular flexibility index (Phi) is 3.74. The minimum absolute atomic E-state index is 0.654. The molecule has 0 spiro atoms. The van der Waals surface area contributed by atoms with E-state index in [1.807, 2.05) is 30.3 Å². The molecule has 0 amide bonds. The molecule has 0 aliphatic rings. The molecule has 0 N–H and O–H groups in total. The molecule has 0 bridgehead atoms. The first-order valence-corrected chi connectivity index (χ1v) is 7.23. The van der Waals surface area contributed by atoms with Gasteiger partial charge >= 0.3 is 0 Å². The lowest BCUT2D eigenvalue weighted by Gasteiger charge is -2.07. The predicted octanol–water partition coefficient (Wildman–Crippen LogP) is 3.70. The van der Waals surface area contributed by atoms with Crippen LogP contribution in [0.1, 0.15) is 30.5 Å². The summed E-state index contributed by atoms with van der Waals surface area (Å²) in [6, 6.07) is 11.8. The van der Waals surface area contributed by atoms with E-state index < -0.39 is 0 Å². The van der Waals surface area contributed by atoms with E-state index in [-0.39, 0.29) is 0 Å². The Balaban J connectivity index is 1.95. The zero-order valence-corrected chi connectivity index (χ0v) is 12.0. The summed E-state index contributed by atoms with van der Waals surface area (Å²) < 4.78 is 7.63. The van der Waals surface area contributed by atoms with Crippen molar-refractivity contribution in [3.05, 3.63) is 53.7 Å². The van der Waals surface area contributed by atoms with Crippen molar-refractivity contribution < 1.29 is 4.42 Å². The van der Waals surface area contributed by atoms with Crippen LogP contribution in [-0.4, -0.2) is 9.55 Å². The monoisotopic (exact) mass is 279 g/mol. The van der Waals surface area contributed by atoms with Gasteiger partial charge in [-0.05, 0) is 36.8 Å². The Hall–Kier alpha value is -2.54. The summed E-state index contributed by atoms with van der Waals surface area (Å²) >= 11 is 0. The minimum Gasteiger partial charge on any atom is -0.469 e. The molecule has 0 atom stereocenters. The standard InChI is InChI=1S/C17H17N3O/c1-2-9-20-16-7-5-13(12-18)11-15(16)19-17(20)8-6-14-4-3-10-21-14/h3-5,7,10-11H,2,6,8-9H2,1H3. The SMILES string of the molecule is CCCn1c(CCc2ccco2)nc2cc(C#N)ccc21. The fourth-order valence-electron chi connectivity index (χ4n) is 2.60. The van der Waals surface area contributed by atoms with Crippen molar-refractivity contribution in [1.29, 1.82) is 5.26 Å². The average molecular weight is 279 g/mol. The van der Waals surface area contributed by atoms with Crippen LogP contribution in [0.2, 0.25) is 0 Å². The largest absolute Gasteiger partial charge is 0.469 e. The van der Waals surface area contributed by atoms with Crippen LogP contribution < -0.4 is 0 Å². The lowest BCUT2D eigenvalue weighted by molar-refractivity contribution is 0.503. The number of aryl methyl sites for hydroxylation is 3. The first kappa shape index (κ1) is 13.4. The molecule has 0 fully saturated rings. The second-order valence-electron chi connectivity index (χ2n) is 5.07. The molecule has 1 aromatic carbocycles. The van der Waals surface area contributed by atoms with E-state index in [0.29, 0.717) is 5.56 Å². The van der Waals surface area contributed by atoms with Crippen molar-refractivity contribution in [3.8, 4) is 6.07 Å². The molecular formula is C17H17N3O. The van der Waals surface area contributed by atoms with Gasteiger partial charge in [-0.3, -0.25) is 0 Å². The van der Waals surface area contributed by atoms with E-state index in [1.165, 1.54) is 0 Å². The first-order chi connectivity index (χ1) is 10.3. The number of imidazole rings is 1. The van der Waals surface area contributed by atoms with Crippen LogP contribution in [0.15, 0.2) is 41.0 Å². The van der Waals surface area contributed by atoms with Gasteiger partial charge in [0.1, 0.15) is 11.6 Å². The van der Waals surface area contributed by atoms with Gasteiger partial charge in [-0.1, -0.05) is 6.92 Å². The van der Waals surface area contributed by atoms with Gasteiger partial charge in [0, 0.05) is 19.4 Å². The fraction of sp³-hybridized carbons (Fsp3) is 0.294. The number of hydrogen-bond donors (Lipinski definition) is 0. The van der Waals surface area contributed by atoms with Gasteiger partial charge in [-0.25, -0.2) is 4.98 Å². The van der Waals surface area contributed by atoms with Crippen molar-refractivity contribution >= 4 is 11.0 Å². The van der Waals surface area contributed by atoms with Crippen LogP contribution in [0.3, 0.4) is 0 Å². The Labute approximate surface area is 123 Å². The molecule has 4 heteroatoms. The second-order valence-corrected chi connectivity index (χ2v) is 5.07. The summed E-state index contributed by atoms with van der Waals surface area (Å²) in [5.74, 6) is 2.03. The summed E-state index contributed by atoms with van der Waals surface area (Å²) in [4.78, 5) is 4.71. The number of furan rings is 1. The molecule has 3 rings (SSSR count). The molecule has 3 aromatic rings. The van der Waals surface area contributed by atoms with Gasteiger partial charge < -0.3 is 8.98 Å². The van der Waals surface area contributed by atoms with Crippen molar-refractivity contribution in [2.24, 2.45) is 0 Å². The highest BCUT2D eigenvalue weighted by Gasteiger charge is 2.11. The maximum absolute atomic E-state index is 9.01. The summed E-state index contributed by atoms with van der Waals surface area (Å²) in [5.41, 5.74) is 2.66. The number of benzene rings is 1. The maximum Gasteiger partial charge on any atom is 0.110 e. The second kappa shape index (κ2) is 5.84. The lowest BCUT2D eigenvalue weighted by Crippen LogP contribution is -2.04.